The van der Waals surface area contributed by atoms with Crippen LogP contribution in [-0.4, -0.2) is 29.2 Å². The molecule has 0 saturated heterocycles. The first-order chi connectivity index (χ1) is 11.3. The molecule has 0 fully saturated rings. The van der Waals surface area contributed by atoms with Crippen LogP contribution in [0.25, 0.3) is 0 Å². The lowest BCUT2D eigenvalue weighted by atomic mass is 9.89. The van der Waals surface area contributed by atoms with Gasteiger partial charge in [-0.05, 0) is 25.1 Å². The summed E-state index contributed by atoms with van der Waals surface area (Å²) in [5.41, 5.74) is 3.77. The van der Waals surface area contributed by atoms with Crippen LogP contribution in [0.1, 0.15) is 28.3 Å². The highest BCUT2D eigenvalue weighted by molar-refractivity contribution is 6.12. The summed E-state index contributed by atoms with van der Waals surface area (Å²) in [6.45, 7) is 1.32. The molecule has 7 heteroatoms. The number of benzene rings is 1. The van der Waals surface area contributed by atoms with Gasteiger partial charge in [0.1, 0.15) is 12.3 Å². The van der Waals surface area contributed by atoms with E-state index in [-0.39, 0.29) is 17.9 Å². The molecule has 1 aromatic carbocycles. The summed E-state index contributed by atoms with van der Waals surface area (Å²) >= 11 is 0. The van der Waals surface area contributed by atoms with Crippen LogP contribution in [-0.2, 0) is 15.2 Å². The van der Waals surface area contributed by atoms with Crippen molar-refractivity contribution < 1.29 is 23.9 Å². The monoisotopic (exact) mass is 328 g/mol. The van der Waals surface area contributed by atoms with Crippen LogP contribution < -0.4 is 10.6 Å². The molecule has 1 aromatic heterocycles. The van der Waals surface area contributed by atoms with Crippen molar-refractivity contribution in [2.45, 2.75) is 18.9 Å². The fraction of sp³-hybridized carbons (Fsp3) is 0.235. The predicted octanol–water partition coefficient (Wildman–Crippen LogP) is 0.881. The maximum absolute atomic E-state index is 12.7. The van der Waals surface area contributed by atoms with Gasteiger partial charge in [0.2, 0.25) is 11.7 Å². The number of hydrogen-bond donors (Lipinski definition) is 2. The van der Waals surface area contributed by atoms with Gasteiger partial charge >= 0.3 is 0 Å². The van der Waals surface area contributed by atoms with Gasteiger partial charge in [0, 0.05) is 5.56 Å². The van der Waals surface area contributed by atoms with Crippen molar-refractivity contribution in [2.24, 2.45) is 5.73 Å². The second kappa shape index (κ2) is 5.61. The Morgan fingerprint density at radius 3 is 2.58 bits per heavy atom. The first-order valence-corrected chi connectivity index (χ1v) is 7.35. The molecular weight excluding hydrogens is 312 g/mol. The van der Waals surface area contributed by atoms with Crippen molar-refractivity contribution in [3.8, 4) is 0 Å². The molecule has 124 valence electrons. The molecule has 2 heterocycles. The molecule has 0 spiro atoms. The topological polar surface area (TPSA) is 114 Å². The first kappa shape index (κ1) is 15.9. The molecular formula is C17H16N2O5. The Kier molecular flexibility index (Phi) is 3.73. The van der Waals surface area contributed by atoms with Crippen molar-refractivity contribution in [3.63, 3.8) is 0 Å². The number of Topliss-reactive ketones (excluding diaryl/α,β-unsaturated/α-hetero) is 1. The number of rotatable bonds is 5. The number of para-hydroxylation sites is 1. The van der Waals surface area contributed by atoms with Gasteiger partial charge in [0.25, 0.3) is 5.91 Å². The molecule has 3 rings (SSSR count). The average Bonchev–Trinajstić information content (AvgIpc) is 3.05. The molecule has 1 aliphatic heterocycles. The predicted molar refractivity (Wildman–Crippen MR) is 84.3 cm³/mol. The van der Waals surface area contributed by atoms with Crippen LogP contribution in [0.15, 0.2) is 40.8 Å². The number of anilines is 1. The summed E-state index contributed by atoms with van der Waals surface area (Å²) in [5.74, 6) is -1.34. The van der Waals surface area contributed by atoms with Crippen LogP contribution in [0.2, 0.25) is 0 Å². The summed E-state index contributed by atoms with van der Waals surface area (Å²) in [6, 6.07) is 9.58. The minimum absolute atomic E-state index is 0.0690. The van der Waals surface area contributed by atoms with Gasteiger partial charge in [-0.25, -0.2) is 0 Å². The van der Waals surface area contributed by atoms with Gasteiger partial charge in [-0.2, -0.15) is 0 Å². The Morgan fingerprint density at radius 1 is 1.25 bits per heavy atom. The number of nitrogens with two attached hydrogens (primary N) is 1. The third-order valence-corrected chi connectivity index (χ3v) is 3.98. The molecule has 1 aliphatic rings. The number of hydrogen-bond acceptors (Lipinski definition) is 5. The van der Waals surface area contributed by atoms with Crippen LogP contribution >= 0.6 is 0 Å². The van der Waals surface area contributed by atoms with Crippen molar-refractivity contribution in [3.05, 3.63) is 53.5 Å². The Bertz CT molecular complexity index is 841. The van der Waals surface area contributed by atoms with Gasteiger partial charge in [-0.1, -0.05) is 18.2 Å². The number of carbonyl (C=O) groups excluding carboxylic acids is 3. The quantitative estimate of drug-likeness (QED) is 0.791. The van der Waals surface area contributed by atoms with Gasteiger partial charge in [0.15, 0.2) is 11.4 Å². The third kappa shape index (κ3) is 2.48. The van der Waals surface area contributed by atoms with Crippen molar-refractivity contribution in [1.29, 1.82) is 0 Å². The Labute approximate surface area is 137 Å². The Hall–Kier alpha value is -2.93. The maximum Gasteiger partial charge on any atom is 0.264 e. The molecule has 0 aliphatic carbocycles. The third-order valence-electron chi connectivity index (χ3n) is 3.98. The molecule has 7 nitrogen and oxygen atoms in total. The van der Waals surface area contributed by atoms with Crippen LogP contribution in [0.4, 0.5) is 5.69 Å². The standard InChI is InChI=1S/C17H16N2O5/c1-10-6-7-14(24-10)13(20)8-17(23)11-4-2-3-5-12(11)19(16(17)22)9-15(18)21/h2-7,23H,8-9H2,1H3,(H2,18,21)/t17-/m0/s1. The van der Waals surface area contributed by atoms with Crippen LogP contribution in [0.5, 0.6) is 0 Å². The van der Waals surface area contributed by atoms with E-state index in [1.54, 1.807) is 37.3 Å². The molecule has 3 N–H and O–H groups in total. The molecule has 0 bridgehead atoms. The highest BCUT2D eigenvalue weighted by atomic mass is 16.3. The van der Waals surface area contributed by atoms with Crippen LogP contribution in [0.3, 0.4) is 0 Å². The van der Waals surface area contributed by atoms with Gasteiger partial charge in [-0.15, -0.1) is 0 Å². The number of nitrogens with zero attached hydrogens (tertiary/aromatic N) is 1. The number of primary amides is 1. The summed E-state index contributed by atoms with van der Waals surface area (Å²) in [6.07, 6.45) is -0.481. The molecule has 0 unspecified atom stereocenters. The van der Waals surface area contributed by atoms with Gasteiger partial charge < -0.3 is 15.3 Å². The highest BCUT2D eigenvalue weighted by Crippen LogP contribution is 2.42. The first-order valence-electron chi connectivity index (χ1n) is 7.35. The summed E-state index contributed by atoms with van der Waals surface area (Å²) in [5, 5.41) is 10.9. The second-order valence-corrected chi connectivity index (χ2v) is 5.75. The van der Waals surface area contributed by atoms with E-state index < -0.39 is 29.6 Å². The lowest BCUT2D eigenvalue weighted by Gasteiger charge is -2.21. The number of ketones is 1. The summed E-state index contributed by atoms with van der Waals surface area (Å²) in [4.78, 5) is 37.4. The number of furan rings is 1. The van der Waals surface area contributed by atoms with Crippen molar-refractivity contribution in [2.75, 3.05) is 11.4 Å². The van der Waals surface area contributed by atoms with E-state index in [0.29, 0.717) is 11.4 Å². The van der Waals surface area contributed by atoms with E-state index in [9.17, 15) is 19.5 Å². The van der Waals surface area contributed by atoms with E-state index >= 15 is 0 Å². The molecule has 24 heavy (non-hydrogen) atoms. The SMILES string of the molecule is Cc1ccc(C(=O)C[C@@]2(O)C(=O)N(CC(N)=O)c3ccccc32)o1. The summed E-state index contributed by atoms with van der Waals surface area (Å²) < 4.78 is 5.26. The second-order valence-electron chi connectivity index (χ2n) is 5.75. The zero-order valence-electron chi connectivity index (χ0n) is 13.0. The fourth-order valence-corrected chi connectivity index (χ4v) is 2.89. The normalized spacial score (nSPS) is 19.4. The number of fused-ring (bicyclic) bond motifs is 1. The smallest absolute Gasteiger partial charge is 0.264 e. The van der Waals surface area contributed by atoms with E-state index in [2.05, 4.69) is 0 Å². The lowest BCUT2D eigenvalue weighted by molar-refractivity contribution is -0.136. The van der Waals surface area contributed by atoms with E-state index in [1.165, 1.54) is 6.07 Å². The molecule has 2 amide bonds. The van der Waals surface area contributed by atoms with Crippen molar-refractivity contribution in [1.82, 2.24) is 0 Å². The summed E-state index contributed by atoms with van der Waals surface area (Å²) in [7, 11) is 0. The minimum Gasteiger partial charge on any atom is -0.458 e. The minimum atomic E-state index is -2.05. The van der Waals surface area contributed by atoms with Gasteiger partial charge in [-0.3, -0.25) is 19.3 Å². The number of aryl methyl sites for hydroxylation is 1. The van der Waals surface area contributed by atoms with Crippen molar-refractivity contribution >= 4 is 23.3 Å². The van der Waals surface area contributed by atoms with Gasteiger partial charge in [0.05, 0.1) is 12.1 Å². The molecule has 0 saturated carbocycles. The van der Waals surface area contributed by atoms with E-state index in [1.807, 2.05) is 0 Å². The molecule has 0 radical (unpaired) electrons. The highest BCUT2D eigenvalue weighted by Gasteiger charge is 2.51. The van der Waals surface area contributed by atoms with Crippen LogP contribution in [0, 0.1) is 6.92 Å². The molecule has 1 atom stereocenters. The number of amides is 2. The van der Waals surface area contributed by atoms with E-state index in [4.69, 9.17) is 10.2 Å². The zero-order valence-corrected chi connectivity index (χ0v) is 13.0. The largest absolute Gasteiger partial charge is 0.458 e. The lowest BCUT2D eigenvalue weighted by Crippen LogP contribution is -2.44. The molecule has 2 aromatic rings. The fourth-order valence-electron chi connectivity index (χ4n) is 2.89. The zero-order chi connectivity index (χ0) is 17.5. The van der Waals surface area contributed by atoms with E-state index in [0.717, 1.165) is 4.90 Å². The maximum atomic E-state index is 12.7. The Balaban J connectivity index is 1.98. The number of carbonyl (C=O) groups is 3. The Morgan fingerprint density at radius 2 is 1.96 bits per heavy atom. The average molecular weight is 328 g/mol. The number of aliphatic hydroxyl groups is 1.